The van der Waals surface area contributed by atoms with Gasteiger partial charge in [0.25, 0.3) is 0 Å². The van der Waals surface area contributed by atoms with Crippen molar-refractivity contribution in [3.63, 3.8) is 0 Å². The number of rotatable bonds is 4. The minimum atomic E-state index is -0.857. The molecule has 6 heteroatoms. The minimum absolute atomic E-state index is 0.532. The van der Waals surface area contributed by atoms with Crippen molar-refractivity contribution in [2.24, 2.45) is 0 Å². The molecule has 1 saturated carbocycles. The number of anilines is 1. The van der Waals surface area contributed by atoms with Crippen LogP contribution in [-0.4, -0.2) is 25.2 Å². The van der Waals surface area contributed by atoms with Crippen LogP contribution in [0.25, 0.3) is 16.7 Å². The minimum Gasteiger partial charge on any atom is -0.378 e. The predicted molar refractivity (Wildman–Crippen MR) is 133 cm³/mol. The summed E-state index contributed by atoms with van der Waals surface area (Å²) in [6.45, 7) is 0.540. The standard InChI is InChI=1S/C27H25ClN4O/c28-23-7-3-2-6-22(23)19-30-26-29-16-11-25(31-26)32-17-12-21-9-8-20(18-24(21)32)10-15-27(33)13-4-1-5-14-27/h2-3,6-9,11-12,16-18,33H,1,4-5,13-14,19H2,(H,29,30,31). The number of aromatic nitrogens is 3. The molecule has 166 valence electrons. The molecule has 0 saturated heterocycles. The molecule has 0 aliphatic heterocycles. The van der Waals surface area contributed by atoms with Crippen LogP contribution >= 0.6 is 11.6 Å². The second kappa shape index (κ2) is 9.27. The van der Waals surface area contributed by atoms with Crippen LogP contribution in [0.3, 0.4) is 0 Å². The molecule has 0 radical (unpaired) electrons. The molecule has 2 N–H and O–H groups in total. The third-order valence-electron chi connectivity index (χ3n) is 6.10. The number of halogens is 1. The Morgan fingerprint density at radius 1 is 1.06 bits per heavy atom. The van der Waals surface area contributed by atoms with Gasteiger partial charge in [0, 0.05) is 34.9 Å². The quantitative estimate of drug-likeness (QED) is 0.385. The van der Waals surface area contributed by atoms with Crippen molar-refractivity contribution < 1.29 is 5.11 Å². The van der Waals surface area contributed by atoms with Gasteiger partial charge >= 0.3 is 0 Å². The Hall–Kier alpha value is -3.33. The van der Waals surface area contributed by atoms with Crippen molar-refractivity contribution in [2.75, 3.05) is 5.32 Å². The molecule has 1 fully saturated rings. The second-order valence-corrected chi connectivity index (χ2v) is 8.89. The van der Waals surface area contributed by atoms with Gasteiger partial charge in [-0.3, -0.25) is 0 Å². The fourth-order valence-corrected chi connectivity index (χ4v) is 4.44. The number of fused-ring (bicyclic) bond motifs is 1. The van der Waals surface area contributed by atoms with Crippen LogP contribution in [0.5, 0.6) is 0 Å². The van der Waals surface area contributed by atoms with E-state index in [2.05, 4.69) is 34.3 Å². The van der Waals surface area contributed by atoms with Crippen molar-refractivity contribution in [3.8, 4) is 17.7 Å². The largest absolute Gasteiger partial charge is 0.378 e. The normalized spacial score (nSPS) is 15.1. The lowest BCUT2D eigenvalue weighted by molar-refractivity contribution is 0.0610. The molecule has 0 spiro atoms. The molecule has 33 heavy (non-hydrogen) atoms. The van der Waals surface area contributed by atoms with Crippen LogP contribution < -0.4 is 5.32 Å². The first-order chi connectivity index (χ1) is 16.1. The molecular formula is C27H25ClN4O. The molecule has 1 aliphatic carbocycles. The van der Waals surface area contributed by atoms with E-state index >= 15 is 0 Å². The van der Waals surface area contributed by atoms with Crippen LogP contribution in [0.1, 0.15) is 43.2 Å². The molecule has 4 aromatic rings. The van der Waals surface area contributed by atoms with E-state index in [4.69, 9.17) is 16.6 Å². The van der Waals surface area contributed by atoms with Gasteiger partial charge in [-0.1, -0.05) is 54.1 Å². The van der Waals surface area contributed by atoms with Crippen molar-refractivity contribution in [1.82, 2.24) is 14.5 Å². The SMILES string of the molecule is OC1(C#Cc2ccc3ccn(-c4ccnc(NCc5ccccc5Cl)n4)c3c2)CCCCC1. The number of aliphatic hydroxyl groups is 1. The topological polar surface area (TPSA) is 63.0 Å². The highest BCUT2D eigenvalue weighted by molar-refractivity contribution is 6.31. The van der Waals surface area contributed by atoms with Gasteiger partial charge < -0.3 is 15.0 Å². The zero-order valence-corrected chi connectivity index (χ0v) is 19.0. The molecule has 0 amide bonds. The molecule has 5 nitrogen and oxygen atoms in total. The summed E-state index contributed by atoms with van der Waals surface area (Å²) in [5.74, 6) is 7.62. The molecule has 1 aliphatic rings. The van der Waals surface area contributed by atoms with Crippen LogP contribution in [0, 0.1) is 11.8 Å². The third kappa shape index (κ3) is 4.88. The summed E-state index contributed by atoms with van der Waals surface area (Å²) in [5.41, 5.74) is 2.02. The fourth-order valence-electron chi connectivity index (χ4n) is 4.24. The number of nitrogens with one attached hydrogen (secondary N) is 1. The van der Waals surface area contributed by atoms with Gasteiger partial charge in [-0.2, -0.15) is 4.98 Å². The van der Waals surface area contributed by atoms with E-state index in [0.29, 0.717) is 17.5 Å². The first-order valence-electron chi connectivity index (χ1n) is 11.3. The highest BCUT2D eigenvalue weighted by Crippen LogP contribution is 2.27. The predicted octanol–water partition coefficient (Wildman–Crippen LogP) is 5.73. The lowest BCUT2D eigenvalue weighted by Crippen LogP contribution is -2.29. The lowest BCUT2D eigenvalue weighted by atomic mass is 9.85. The van der Waals surface area contributed by atoms with Crippen LogP contribution in [-0.2, 0) is 6.54 Å². The average molecular weight is 457 g/mol. The summed E-state index contributed by atoms with van der Waals surface area (Å²) in [4.78, 5) is 9.04. The molecule has 0 unspecified atom stereocenters. The van der Waals surface area contributed by atoms with E-state index in [1.165, 1.54) is 6.42 Å². The van der Waals surface area contributed by atoms with E-state index in [-0.39, 0.29) is 0 Å². The van der Waals surface area contributed by atoms with Gasteiger partial charge in [0.2, 0.25) is 5.95 Å². The zero-order valence-electron chi connectivity index (χ0n) is 18.3. The van der Waals surface area contributed by atoms with E-state index in [0.717, 1.165) is 53.5 Å². The average Bonchev–Trinajstić information content (AvgIpc) is 3.26. The van der Waals surface area contributed by atoms with Gasteiger partial charge in [-0.25, -0.2) is 4.98 Å². The second-order valence-electron chi connectivity index (χ2n) is 8.48. The summed E-state index contributed by atoms with van der Waals surface area (Å²) in [6.07, 6.45) is 8.49. The van der Waals surface area contributed by atoms with Crippen molar-refractivity contribution >= 4 is 28.5 Å². The Balaban J connectivity index is 1.40. The van der Waals surface area contributed by atoms with E-state index in [1.54, 1.807) is 6.20 Å². The summed E-state index contributed by atoms with van der Waals surface area (Å²) in [6, 6.07) is 17.8. The molecule has 2 heterocycles. The van der Waals surface area contributed by atoms with Gasteiger partial charge in [0.1, 0.15) is 11.4 Å². The molecule has 2 aromatic carbocycles. The van der Waals surface area contributed by atoms with Crippen LogP contribution in [0.2, 0.25) is 5.02 Å². The number of nitrogens with zero attached hydrogens (tertiary/aromatic N) is 3. The zero-order chi connectivity index (χ0) is 22.7. The third-order valence-corrected chi connectivity index (χ3v) is 6.46. The molecule has 5 rings (SSSR count). The summed E-state index contributed by atoms with van der Waals surface area (Å²) < 4.78 is 2.03. The monoisotopic (exact) mass is 456 g/mol. The van der Waals surface area contributed by atoms with Crippen molar-refractivity contribution in [1.29, 1.82) is 0 Å². The highest BCUT2D eigenvalue weighted by atomic mass is 35.5. The van der Waals surface area contributed by atoms with Gasteiger partial charge in [-0.15, -0.1) is 0 Å². The maximum atomic E-state index is 10.7. The Bertz CT molecular complexity index is 1340. The Kier molecular flexibility index (Phi) is 6.04. The van der Waals surface area contributed by atoms with E-state index in [1.807, 2.05) is 53.2 Å². The van der Waals surface area contributed by atoms with Crippen molar-refractivity contribution in [3.05, 3.63) is 83.1 Å². The first-order valence-corrected chi connectivity index (χ1v) is 11.6. The van der Waals surface area contributed by atoms with Crippen molar-refractivity contribution in [2.45, 2.75) is 44.2 Å². The van der Waals surface area contributed by atoms with Gasteiger partial charge in [0.15, 0.2) is 0 Å². The Labute approximate surface area is 198 Å². The van der Waals surface area contributed by atoms with E-state index in [9.17, 15) is 5.11 Å². The summed E-state index contributed by atoms with van der Waals surface area (Å²) in [5, 5.41) is 15.8. The number of hydrogen-bond acceptors (Lipinski definition) is 4. The molecule has 2 aromatic heterocycles. The Morgan fingerprint density at radius 3 is 2.76 bits per heavy atom. The fraction of sp³-hybridized carbons (Fsp3) is 0.259. The molecule has 0 bridgehead atoms. The number of benzene rings is 2. The van der Waals surface area contributed by atoms with E-state index < -0.39 is 5.60 Å². The number of hydrogen-bond donors (Lipinski definition) is 2. The van der Waals surface area contributed by atoms with Crippen LogP contribution in [0.4, 0.5) is 5.95 Å². The Morgan fingerprint density at radius 2 is 1.91 bits per heavy atom. The highest BCUT2D eigenvalue weighted by Gasteiger charge is 2.26. The smallest absolute Gasteiger partial charge is 0.224 e. The van der Waals surface area contributed by atoms with Gasteiger partial charge in [-0.05, 0) is 61.6 Å². The maximum Gasteiger partial charge on any atom is 0.224 e. The first kappa shape index (κ1) is 21.5. The van der Waals surface area contributed by atoms with Gasteiger partial charge in [0.05, 0.1) is 5.52 Å². The molecule has 0 atom stereocenters. The van der Waals surface area contributed by atoms with Crippen LogP contribution in [0.15, 0.2) is 67.0 Å². The summed E-state index contributed by atoms with van der Waals surface area (Å²) >= 11 is 6.26. The molecular weight excluding hydrogens is 432 g/mol. The maximum absolute atomic E-state index is 10.7. The summed E-state index contributed by atoms with van der Waals surface area (Å²) in [7, 11) is 0. The lowest BCUT2D eigenvalue weighted by Gasteiger charge is -2.26.